The van der Waals surface area contributed by atoms with E-state index in [0.29, 0.717) is 5.92 Å². The van der Waals surface area contributed by atoms with Crippen LogP contribution in [0.25, 0.3) is 0 Å². The van der Waals surface area contributed by atoms with E-state index in [1.54, 1.807) is 7.11 Å². The average Bonchev–Trinajstić information content (AvgIpc) is 2.18. The first-order chi connectivity index (χ1) is 6.58. The van der Waals surface area contributed by atoms with Crippen LogP contribution in [-0.4, -0.2) is 26.0 Å². The van der Waals surface area contributed by atoms with Crippen LogP contribution in [0.2, 0.25) is 0 Å². The van der Waals surface area contributed by atoms with Crippen molar-refractivity contribution >= 4 is 0 Å². The molecule has 1 unspecified atom stereocenters. The second-order valence-corrected chi connectivity index (χ2v) is 4.10. The van der Waals surface area contributed by atoms with E-state index in [0.717, 1.165) is 31.8 Å². The Morgan fingerprint density at radius 3 is 2.50 bits per heavy atom. The van der Waals surface area contributed by atoms with Crippen LogP contribution in [0, 0.1) is 5.92 Å². The van der Waals surface area contributed by atoms with Gasteiger partial charge in [0.25, 0.3) is 0 Å². The van der Waals surface area contributed by atoms with Crippen LogP contribution < -0.4 is 5.32 Å². The van der Waals surface area contributed by atoms with E-state index < -0.39 is 0 Å². The van der Waals surface area contributed by atoms with Crippen LogP contribution in [0.4, 0.5) is 0 Å². The van der Waals surface area contributed by atoms with Crippen LogP contribution in [0.15, 0.2) is 12.3 Å². The Hall–Kier alpha value is -0.540. The zero-order chi connectivity index (χ0) is 10.6. The maximum Gasteiger partial charge on any atom is 0.138 e. The van der Waals surface area contributed by atoms with Gasteiger partial charge < -0.3 is 14.8 Å². The van der Waals surface area contributed by atoms with Crippen molar-refractivity contribution in [2.45, 2.75) is 32.4 Å². The number of allylic oxidation sites excluding steroid dienone is 1. The highest BCUT2D eigenvalue weighted by Crippen LogP contribution is 2.28. The lowest BCUT2D eigenvalue weighted by atomic mass is 9.89. The van der Waals surface area contributed by atoms with E-state index in [9.17, 15) is 0 Å². The molecule has 0 aromatic heterocycles. The van der Waals surface area contributed by atoms with Gasteiger partial charge in [0, 0.05) is 31.9 Å². The van der Waals surface area contributed by atoms with Crippen LogP contribution >= 0.6 is 0 Å². The molecule has 0 bridgehead atoms. The topological polar surface area (TPSA) is 30.5 Å². The highest BCUT2D eigenvalue weighted by Gasteiger charge is 2.34. The summed E-state index contributed by atoms with van der Waals surface area (Å²) in [5, 5.41) is 3.30. The minimum atomic E-state index is -0.296. The lowest BCUT2D eigenvalue weighted by Gasteiger charge is -2.40. The number of rotatable bonds is 4. The van der Waals surface area contributed by atoms with Gasteiger partial charge in [-0.25, -0.2) is 0 Å². The monoisotopic (exact) mass is 199 g/mol. The van der Waals surface area contributed by atoms with Gasteiger partial charge >= 0.3 is 0 Å². The third kappa shape index (κ3) is 2.72. The second kappa shape index (κ2) is 4.80. The molecule has 82 valence electrons. The highest BCUT2D eigenvalue weighted by molar-refractivity contribution is 4.94. The fourth-order valence-electron chi connectivity index (χ4n) is 1.99. The highest BCUT2D eigenvalue weighted by atomic mass is 16.5. The van der Waals surface area contributed by atoms with Crippen LogP contribution in [0.1, 0.15) is 26.7 Å². The Bertz CT molecular complexity index is 199. The van der Waals surface area contributed by atoms with Crippen molar-refractivity contribution in [2.75, 3.05) is 20.3 Å². The molecule has 0 aromatic carbocycles. The molecule has 0 radical (unpaired) electrons. The van der Waals surface area contributed by atoms with Crippen LogP contribution in [0.3, 0.4) is 0 Å². The fraction of sp³-hybridized carbons (Fsp3) is 0.818. The van der Waals surface area contributed by atoms with E-state index in [1.165, 1.54) is 0 Å². The molecule has 0 aromatic rings. The zero-order valence-electron chi connectivity index (χ0n) is 9.43. The molecule has 0 saturated carbocycles. The van der Waals surface area contributed by atoms with E-state index in [4.69, 9.17) is 9.47 Å². The first-order valence-electron chi connectivity index (χ1n) is 5.15. The van der Waals surface area contributed by atoms with Crippen molar-refractivity contribution in [1.82, 2.24) is 5.32 Å². The molecule has 1 saturated heterocycles. The number of ether oxygens (including phenoxy) is 2. The molecule has 3 heteroatoms. The predicted octanol–water partition coefficient (Wildman–Crippen LogP) is 1.90. The molecule has 3 nitrogen and oxygen atoms in total. The number of hydrogen-bond acceptors (Lipinski definition) is 3. The van der Waals surface area contributed by atoms with Crippen LogP contribution in [-0.2, 0) is 9.47 Å². The molecule has 0 spiro atoms. The Balaban J connectivity index is 2.61. The molecule has 0 amide bonds. The molecule has 1 aliphatic heterocycles. The SMILES string of the molecule is C=C(C)NC(C)(OC)C1CCOCC1. The molecule has 1 atom stereocenters. The molecular weight excluding hydrogens is 178 g/mol. The van der Waals surface area contributed by atoms with E-state index in [2.05, 4.69) is 18.8 Å². The molecule has 1 aliphatic rings. The Morgan fingerprint density at radius 2 is 2.07 bits per heavy atom. The van der Waals surface area contributed by atoms with Gasteiger partial charge in [0.15, 0.2) is 0 Å². The molecule has 0 aliphatic carbocycles. The Labute approximate surface area is 86.5 Å². The first-order valence-corrected chi connectivity index (χ1v) is 5.15. The number of methoxy groups -OCH3 is 1. The zero-order valence-corrected chi connectivity index (χ0v) is 9.43. The van der Waals surface area contributed by atoms with Crippen molar-refractivity contribution in [3.8, 4) is 0 Å². The van der Waals surface area contributed by atoms with Crippen molar-refractivity contribution < 1.29 is 9.47 Å². The third-order valence-electron chi connectivity index (χ3n) is 2.89. The van der Waals surface area contributed by atoms with Crippen molar-refractivity contribution in [3.05, 3.63) is 12.3 Å². The fourth-order valence-corrected chi connectivity index (χ4v) is 1.99. The van der Waals surface area contributed by atoms with E-state index in [-0.39, 0.29) is 5.72 Å². The summed E-state index contributed by atoms with van der Waals surface area (Å²) < 4.78 is 10.9. The van der Waals surface area contributed by atoms with Crippen molar-refractivity contribution in [2.24, 2.45) is 5.92 Å². The maximum absolute atomic E-state index is 5.56. The largest absolute Gasteiger partial charge is 0.381 e. The molecule has 14 heavy (non-hydrogen) atoms. The number of hydrogen-bond donors (Lipinski definition) is 1. The Kier molecular flexibility index (Phi) is 3.96. The lowest BCUT2D eigenvalue weighted by molar-refractivity contribution is -0.0957. The van der Waals surface area contributed by atoms with Gasteiger partial charge in [0.1, 0.15) is 5.72 Å². The summed E-state index contributed by atoms with van der Waals surface area (Å²) in [6.45, 7) is 9.57. The van der Waals surface area contributed by atoms with Gasteiger partial charge in [-0.3, -0.25) is 0 Å². The summed E-state index contributed by atoms with van der Waals surface area (Å²) in [5.41, 5.74) is 0.649. The normalized spacial score (nSPS) is 22.8. The number of nitrogens with one attached hydrogen (secondary N) is 1. The maximum atomic E-state index is 5.56. The predicted molar refractivity (Wildman–Crippen MR) is 56.9 cm³/mol. The van der Waals surface area contributed by atoms with Crippen molar-refractivity contribution in [3.63, 3.8) is 0 Å². The molecule has 1 heterocycles. The van der Waals surface area contributed by atoms with Gasteiger partial charge in [-0.1, -0.05) is 6.58 Å². The van der Waals surface area contributed by atoms with Crippen molar-refractivity contribution in [1.29, 1.82) is 0 Å². The minimum absolute atomic E-state index is 0.296. The van der Waals surface area contributed by atoms with Gasteiger partial charge in [0.2, 0.25) is 0 Å². The van der Waals surface area contributed by atoms with E-state index in [1.807, 2.05) is 6.92 Å². The minimum Gasteiger partial charge on any atom is -0.381 e. The quantitative estimate of drug-likeness (QED) is 0.701. The molecule has 1 fully saturated rings. The molecule has 1 N–H and O–H groups in total. The van der Waals surface area contributed by atoms with Gasteiger partial charge in [0.05, 0.1) is 0 Å². The Morgan fingerprint density at radius 1 is 1.50 bits per heavy atom. The van der Waals surface area contributed by atoms with Crippen LogP contribution in [0.5, 0.6) is 0 Å². The van der Waals surface area contributed by atoms with Gasteiger partial charge in [-0.2, -0.15) is 0 Å². The standard InChI is InChI=1S/C11H21NO2/c1-9(2)12-11(3,13-4)10-5-7-14-8-6-10/h10,12H,1,5-8H2,2-4H3. The van der Waals surface area contributed by atoms with Gasteiger partial charge in [-0.05, 0) is 26.7 Å². The molecular formula is C11H21NO2. The lowest BCUT2D eigenvalue weighted by Crippen LogP contribution is -2.51. The summed E-state index contributed by atoms with van der Waals surface area (Å²) in [4.78, 5) is 0. The first kappa shape index (κ1) is 11.5. The summed E-state index contributed by atoms with van der Waals surface area (Å²) in [6, 6.07) is 0. The summed E-state index contributed by atoms with van der Waals surface area (Å²) in [6.07, 6.45) is 2.09. The average molecular weight is 199 g/mol. The second-order valence-electron chi connectivity index (χ2n) is 4.10. The summed E-state index contributed by atoms with van der Waals surface area (Å²) in [5.74, 6) is 0.498. The smallest absolute Gasteiger partial charge is 0.138 e. The summed E-state index contributed by atoms with van der Waals surface area (Å²) in [7, 11) is 1.74. The third-order valence-corrected chi connectivity index (χ3v) is 2.89. The van der Waals surface area contributed by atoms with Gasteiger partial charge in [-0.15, -0.1) is 0 Å². The van der Waals surface area contributed by atoms with E-state index >= 15 is 0 Å². The molecule has 1 rings (SSSR count). The summed E-state index contributed by atoms with van der Waals surface area (Å²) >= 11 is 0.